The van der Waals surface area contributed by atoms with Gasteiger partial charge in [0.15, 0.2) is 0 Å². The van der Waals surface area contributed by atoms with Crippen molar-refractivity contribution in [2.75, 3.05) is 18.1 Å². The SMILES string of the molecule is Cc1nccn1Cc1ccc(NC(=O)c2ccccc2SCC(=O)N(C)C2CCCCC2)cc1. The maximum atomic E-state index is 13.0. The lowest BCUT2D eigenvalue weighted by atomic mass is 9.94. The van der Waals surface area contributed by atoms with Crippen LogP contribution in [-0.2, 0) is 11.3 Å². The number of thioether (sulfide) groups is 1. The first-order chi connectivity index (χ1) is 16.5. The van der Waals surface area contributed by atoms with Crippen LogP contribution in [0.25, 0.3) is 0 Å². The number of imidazole rings is 1. The summed E-state index contributed by atoms with van der Waals surface area (Å²) in [5.41, 5.74) is 2.46. The van der Waals surface area contributed by atoms with E-state index < -0.39 is 0 Å². The third kappa shape index (κ3) is 6.08. The second kappa shape index (κ2) is 11.4. The first kappa shape index (κ1) is 24.1. The molecule has 3 aromatic rings. The minimum Gasteiger partial charge on any atom is -0.342 e. The van der Waals surface area contributed by atoms with E-state index in [1.54, 1.807) is 6.20 Å². The van der Waals surface area contributed by atoms with Crippen molar-refractivity contribution in [1.29, 1.82) is 0 Å². The molecule has 0 atom stereocenters. The third-order valence-corrected chi connectivity index (χ3v) is 7.55. The number of aryl methyl sites for hydroxylation is 1. The van der Waals surface area contributed by atoms with E-state index in [0.29, 0.717) is 17.4 Å². The summed E-state index contributed by atoms with van der Waals surface area (Å²) in [4.78, 5) is 32.7. The van der Waals surface area contributed by atoms with Crippen molar-refractivity contribution in [3.8, 4) is 0 Å². The van der Waals surface area contributed by atoms with Crippen molar-refractivity contribution < 1.29 is 9.59 Å². The predicted molar refractivity (Wildman–Crippen MR) is 137 cm³/mol. The zero-order valence-corrected chi connectivity index (χ0v) is 20.7. The zero-order valence-electron chi connectivity index (χ0n) is 19.9. The lowest BCUT2D eigenvalue weighted by Gasteiger charge is -2.31. The van der Waals surface area contributed by atoms with Crippen LogP contribution < -0.4 is 5.32 Å². The highest BCUT2D eigenvalue weighted by molar-refractivity contribution is 8.00. The van der Waals surface area contributed by atoms with Crippen molar-refractivity contribution in [3.05, 3.63) is 77.9 Å². The molecule has 1 aromatic heterocycles. The maximum Gasteiger partial charge on any atom is 0.256 e. The molecule has 2 amide bonds. The molecule has 0 saturated heterocycles. The molecule has 4 rings (SSSR count). The molecule has 0 aliphatic heterocycles. The van der Waals surface area contributed by atoms with Crippen LogP contribution >= 0.6 is 11.8 Å². The largest absolute Gasteiger partial charge is 0.342 e. The van der Waals surface area contributed by atoms with E-state index in [4.69, 9.17) is 0 Å². The molecule has 0 unspecified atom stereocenters. The number of nitrogens with one attached hydrogen (secondary N) is 1. The number of aromatic nitrogens is 2. The van der Waals surface area contributed by atoms with Crippen LogP contribution in [0.5, 0.6) is 0 Å². The molecule has 6 nitrogen and oxygen atoms in total. The molecule has 1 N–H and O–H groups in total. The number of carbonyl (C=O) groups is 2. The number of hydrogen-bond donors (Lipinski definition) is 1. The summed E-state index contributed by atoms with van der Waals surface area (Å²) in [7, 11) is 1.91. The van der Waals surface area contributed by atoms with E-state index in [2.05, 4.69) is 14.9 Å². The predicted octanol–water partition coefficient (Wildman–Crippen LogP) is 5.38. The maximum absolute atomic E-state index is 13.0. The van der Waals surface area contributed by atoms with Crippen molar-refractivity contribution in [2.24, 2.45) is 0 Å². The quantitative estimate of drug-likeness (QED) is 0.444. The second-order valence-corrected chi connectivity index (χ2v) is 9.85. The fourth-order valence-electron chi connectivity index (χ4n) is 4.35. The van der Waals surface area contributed by atoms with Gasteiger partial charge < -0.3 is 14.8 Å². The fourth-order valence-corrected chi connectivity index (χ4v) is 5.33. The van der Waals surface area contributed by atoms with Crippen LogP contribution in [-0.4, -0.2) is 45.1 Å². The summed E-state index contributed by atoms with van der Waals surface area (Å²) in [6, 6.07) is 15.7. The summed E-state index contributed by atoms with van der Waals surface area (Å²) in [6.07, 6.45) is 9.59. The first-order valence-corrected chi connectivity index (χ1v) is 12.9. The molecule has 1 fully saturated rings. The van der Waals surface area contributed by atoms with Crippen molar-refractivity contribution in [3.63, 3.8) is 0 Å². The zero-order chi connectivity index (χ0) is 23.9. The Bertz CT molecular complexity index is 1120. The van der Waals surface area contributed by atoms with Crippen LogP contribution in [0.15, 0.2) is 65.8 Å². The molecule has 1 aliphatic rings. The molecule has 0 bridgehead atoms. The molecule has 7 heteroatoms. The molecule has 0 radical (unpaired) electrons. The van der Waals surface area contributed by atoms with Crippen molar-refractivity contribution in [1.82, 2.24) is 14.5 Å². The highest BCUT2D eigenvalue weighted by atomic mass is 32.2. The minimum absolute atomic E-state index is 0.121. The van der Waals surface area contributed by atoms with E-state index >= 15 is 0 Å². The highest BCUT2D eigenvalue weighted by Crippen LogP contribution is 2.26. The van der Waals surface area contributed by atoms with Crippen LogP contribution in [0, 0.1) is 6.92 Å². The monoisotopic (exact) mass is 476 g/mol. The van der Waals surface area contributed by atoms with Gasteiger partial charge in [-0.05, 0) is 49.6 Å². The number of rotatable bonds is 8. The number of hydrogen-bond acceptors (Lipinski definition) is 4. The smallest absolute Gasteiger partial charge is 0.256 e. The third-order valence-electron chi connectivity index (χ3n) is 6.49. The van der Waals surface area contributed by atoms with Crippen LogP contribution in [0.2, 0.25) is 0 Å². The van der Waals surface area contributed by atoms with Gasteiger partial charge in [-0.2, -0.15) is 0 Å². The number of benzene rings is 2. The van der Waals surface area contributed by atoms with Gasteiger partial charge in [0.2, 0.25) is 5.91 Å². The summed E-state index contributed by atoms with van der Waals surface area (Å²) in [5.74, 6) is 1.25. The molecule has 1 aliphatic carbocycles. The molecular formula is C27H32N4O2S. The molecule has 178 valence electrons. The van der Waals surface area contributed by atoms with E-state index in [1.807, 2.05) is 73.6 Å². The Labute approximate surface area is 205 Å². The van der Waals surface area contributed by atoms with Gasteiger partial charge in [0.1, 0.15) is 5.82 Å². The Morgan fingerprint density at radius 3 is 2.53 bits per heavy atom. The van der Waals surface area contributed by atoms with Gasteiger partial charge in [-0.1, -0.05) is 43.5 Å². The van der Waals surface area contributed by atoms with E-state index in [9.17, 15) is 9.59 Å². The highest BCUT2D eigenvalue weighted by Gasteiger charge is 2.22. The van der Waals surface area contributed by atoms with Crippen LogP contribution in [0.3, 0.4) is 0 Å². The van der Waals surface area contributed by atoms with Crippen LogP contribution in [0.4, 0.5) is 5.69 Å². The fraction of sp³-hybridized carbons (Fsp3) is 0.370. The van der Waals surface area contributed by atoms with E-state index in [1.165, 1.54) is 31.0 Å². The van der Waals surface area contributed by atoms with Gasteiger partial charge in [-0.3, -0.25) is 9.59 Å². The van der Waals surface area contributed by atoms with E-state index in [-0.39, 0.29) is 11.8 Å². The lowest BCUT2D eigenvalue weighted by molar-refractivity contribution is -0.129. The molecule has 1 heterocycles. The number of nitrogens with zero attached hydrogens (tertiary/aromatic N) is 3. The topological polar surface area (TPSA) is 67.2 Å². The number of anilines is 1. The Morgan fingerprint density at radius 1 is 1.09 bits per heavy atom. The van der Waals surface area contributed by atoms with Gasteiger partial charge in [-0.15, -0.1) is 11.8 Å². The standard InChI is InChI=1S/C27H32N4O2S/c1-20-28-16-17-31(20)18-21-12-14-22(15-13-21)29-27(33)24-10-6-7-11-25(24)34-19-26(32)30(2)23-8-4-3-5-9-23/h6-7,10-17,23H,3-5,8-9,18-19H2,1-2H3,(H,29,33). The van der Waals surface area contributed by atoms with Gasteiger partial charge in [-0.25, -0.2) is 4.98 Å². The normalized spacial score (nSPS) is 14.1. The Hall–Kier alpha value is -3.06. The summed E-state index contributed by atoms with van der Waals surface area (Å²) < 4.78 is 2.08. The van der Waals surface area contributed by atoms with Crippen molar-refractivity contribution >= 4 is 29.3 Å². The van der Waals surface area contributed by atoms with Gasteiger partial charge in [0, 0.05) is 42.6 Å². The van der Waals surface area contributed by atoms with Gasteiger partial charge in [0.05, 0.1) is 11.3 Å². The van der Waals surface area contributed by atoms with E-state index in [0.717, 1.165) is 41.4 Å². The number of carbonyl (C=O) groups excluding carboxylic acids is 2. The Kier molecular flexibility index (Phi) is 8.06. The molecule has 2 aromatic carbocycles. The molecule has 0 spiro atoms. The van der Waals surface area contributed by atoms with Gasteiger partial charge >= 0.3 is 0 Å². The summed E-state index contributed by atoms with van der Waals surface area (Å²) in [6.45, 7) is 2.72. The van der Waals surface area contributed by atoms with Crippen LogP contribution in [0.1, 0.15) is 53.8 Å². The van der Waals surface area contributed by atoms with Gasteiger partial charge in [0.25, 0.3) is 5.91 Å². The molecule has 1 saturated carbocycles. The molecular weight excluding hydrogens is 444 g/mol. The summed E-state index contributed by atoms with van der Waals surface area (Å²) >= 11 is 1.43. The number of amides is 2. The summed E-state index contributed by atoms with van der Waals surface area (Å²) in [5, 5.41) is 2.99. The first-order valence-electron chi connectivity index (χ1n) is 11.9. The Balaban J connectivity index is 1.35. The van der Waals surface area contributed by atoms with Crippen molar-refractivity contribution in [2.45, 2.75) is 56.5 Å². The lowest BCUT2D eigenvalue weighted by Crippen LogP contribution is -2.39. The molecule has 34 heavy (non-hydrogen) atoms. The average molecular weight is 477 g/mol. The Morgan fingerprint density at radius 2 is 1.82 bits per heavy atom. The second-order valence-electron chi connectivity index (χ2n) is 8.83. The minimum atomic E-state index is -0.172. The average Bonchev–Trinajstić information content (AvgIpc) is 3.28.